The van der Waals surface area contributed by atoms with Gasteiger partial charge in [-0.15, -0.1) is 0 Å². The Balaban J connectivity index is 1.80. The molecule has 0 saturated carbocycles. The highest BCUT2D eigenvalue weighted by Gasteiger charge is 2.27. The lowest BCUT2D eigenvalue weighted by Crippen LogP contribution is -2.50. The molecule has 0 bridgehead atoms. The van der Waals surface area contributed by atoms with Gasteiger partial charge in [-0.25, -0.2) is 0 Å². The first-order chi connectivity index (χ1) is 14.0. The van der Waals surface area contributed by atoms with E-state index in [1.165, 1.54) is 5.01 Å². The number of hydrogen-bond donors (Lipinski definition) is 2. The van der Waals surface area contributed by atoms with E-state index in [0.29, 0.717) is 30.7 Å². The van der Waals surface area contributed by atoms with Gasteiger partial charge >= 0.3 is 0 Å². The smallest absolute Gasteiger partial charge is 0.272 e. The number of ether oxygens (including phenoxy) is 1. The number of carbonyl (C=O) groups is 2. The van der Waals surface area contributed by atoms with Gasteiger partial charge in [-0.05, 0) is 52.3 Å². The molecule has 2 heterocycles. The van der Waals surface area contributed by atoms with Crippen LogP contribution in [0.2, 0.25) is 0 Å². The van der Waals surface area contributed by atoms with Crippen LogP contribution in [0.15, 0.2) is 24.4 Å². The zero-order valence-corrected chi connectivity index (χ0v) is 17.5. The van der Waals surface area contributed by atoms with Crippen molar-refractivity contribution in [2.45, 2.75) is 39.2 Å². The van der Waals surface area contributed by atoms with Crippen molar-refractivity contribution in [2.75, 3.05) is 33.4 Å². The third-order valence-electron chi connectivity index (χ3n) is 5.25. The minimum Gasteiger partial charge on any atom is -0.385 e. The number of hydrazine groups is 1. The average Bonchev–Trinajstić information content (AvgIpc) is 3.18. The molecule has 1 saturated heterocycles. The normalized spacial score (nSPS) is 15.0. The molecule has 8 nitrogen and oxygen atoms in total. The van der Waals surface area contributed by atoms with E-state index in [0.717, 1.165) is 31.3 Å². The summed E-state index contributed by atoms with van der Waals surface area (Å²) < 4.78 is 6.96. The Morgan fingerprint density at radius 2 is 2.10 bits per heavy atom. The molecule has 0 radical (unpaired) electrons. The van der Waals surface area contributed by atoms with Gasteiger partial charge in [-0.2, -0.15) is 5.10 Å². The van der Waals surface area contributed by atoms with E-state index >= 15 is 0 Å². The van der Waals surface area contributed by atoms with Gasteiger partial charge in [0.05, 0.1) is 5.56 Å². The zero-order chi connectivity index (χ0) is 20.8. The maximum atomic E-state index is 13.1. The summed E-state index contributed by atoms with van der Waals surface area (Å²) in [6.45, 7) is 6.67. The van der Waals surface area contributed by atoms with Crippen LogP contribution in [0, 0.1) is 5.92 Å². The van der Waals surface area contributed by atoms with E-state index in [4.69, 9.17) is 4.74 Å². The van der Waals surface area contributed by atoms with E-state index < -0.39 is 0 Å². The summed E-state index contributed by atoms with van der Waals surface area (Å²) >= 11 is 0. The van der Waals surface area contributed by atoms with E-state index in [2.05, 4.69) is 15.8 Å². The predicted octanol–water partition coefficient (Wildman–Crippen LogP) is 2.13. The molecular formula is C21H31N5O3. The molecule has 2 aromatic rings. The summed E-state index contributed by atoms with van der Waals surface area (Å²) in [5.74, 6) is -0.421. The standard InChI is InChI=1S/C21H31N5O3/c1-15(2)26-14-17-6-4-7-18(19(17)23-26)20(27)24-25(12-5-13-29-3)21(28)16-8-10-22-11-9-16/h4,6-7,14-16,22H,5,8-13H2,1-3H3,(H,24,27). The first kappa shape index (κ1) is 21.3. The van der Waals surface area contributed by atoms with Crippen LogP contribution in [0.1, 0.15) is 49.5 Å². The molecule has 2 N–H and O–H groups in total. The van der Waals surface area contributed by atoms with Crippen molar-refractivity contribution in [1.29, 1.82) is 0 Å². The Morgan fingerprint density at radius 3 is 2.79 bits per heavy atom. The van der Waals surface area contributed by atoms with Gasteiger partial charge in [0.15, 0.2) is 0 Å². The highest BCUT2D eigenvalue weighted by Crippen LogP contribution is 2.20. The van der Waals surface area contributed by atoms with E-state index in [-0.39, 0.29) is 23.8 Å². The van der Waals surface area contributed by atoms with Crippen LogP contribution in [-0.4, -0.2) is 60.0 Å². The Hall–Kier alpha value is -2.45. The van der Waals surface area contributed by atoms with Gasteiger partial charge in [-0.3, -0.25) is 24.7 Å². The lowest BCUT2D eigenvalue weighted by molar-refractivity contribution is -0.139. The summed E-state index contributed by atoms with van der Waals surface area (Å²) in [4.78, 5) is 26.1. The number of nitrogens with zero attached hydrogens (tertiary/aromatic N) is 3. The van der Waals surface area contributed by atoms with Crippen molar-refractivity contribution < 1.29 is 14.3 Å². The van der Waals surface area contributed by atoms with Crippen LogP contribution in [0.5, 0.6) is 0 Å². The van der Waals surface area contributed by atoms with Crippen LogP contribution >= 0.6 is 0 Å². The fourth-order valence-corrected chi connectivity index (χ4v) is 3.57. The van der Waals surface area contributed by atoms with Crippen molar-refractivity contribution in [3.05, 3.63) is 30.0 Å². The van der Waals surface area contributed by atoms with E-state index in [9.17, 15) is 9.59 Å². The molecule has 0 atom stereocenters. The predicted molar refractivity (Wildman–Crippen MR) is 111 cm³/mol. The number of carbonyl (C=O) groups excluding carboxylic acids is 2. The highest BCUT2D eigenvalue weighted by atomic mass is 16.5. The monoisotopic (exact) mass is 401 g/mol. The van der Waals surface area contributed by atoms with Gasteiger partial charge in [-0.1, -0.05) is 12.1 Å². The van der Waals surface area contributed by atoms with Gasteiger partial charge < -0.3 is 10.1 Å². The summed E-state index contributed by atoms with van der Waals surface area (Å²) in [5, 5.41) is 10.2. The molecular weight excluding hydrogens is 370 g/mol. The number of methoxy groups -OCH3 is 1. The van der Waals surface area contributed by atoms with Gasteiger partial charge in [0.2, 0.25) is 5.91 Å². The molecule has 0 unspecified atom stereocenters. The quantitative estimate of drug-likeness (QED) is 0.548. The Bertz CT molecular complexity index is 842. The van der Waals surface area contributed by atoms with Crippen LogP contribution in [-0.2, 0) is 9.53 Å². The number of amides is 2. The molecule has 0 spiro atoms. The third-order valence-corrected chi connectivity index (χ3v) is 5.25. The topological polar surface area (TPSA) is 88.5 Å². The summed E-state index contributed by atoms with van der Waals surface area (Å²) in [7, 11) is 1.63. The van der Waals surface area contributed by atoms with Gasteiger partial charge in [0.1, 0.15) is 5.52 Å². The van der Waals surface area contributed by atoms with Gasteiger partial charge in [0.25, 0.3) is 5.91 Å². The number of fused-ring (bicyclic) bond motifs is 1. The lowest BCUT2D eigenvalue weighted by atomic mass is 9.97. The largest absolute Gasteiger partial charge is 0.385 e. The van der Waals surface area contributed by atoms with Crippen LogP contribution in [0.4, 0.5) is 0 Å². The molecule has 158 valence electrons. The Morgan fingerprint density at radius 1 is 1.34 bits per heavy atom. The van der Waals surface area contributed by atoms with Crippen molar-refractivity contribution in [3.63, 3.8) is 0 Å². The van der Waals surface area contributed by atoms with Crippen molar-refractivity contribution >= 4 is 22.7 Å². The number of rotatable bonds is 7. The highest BCUT2D eigenvalue weighted by molar-refractivity contribution is 6.05. The molecule has 29 heavy (non-hydrogen) atoms. The molecule has 1 aromatic carbocycles. The molecule has 3 rings (SSSR count). The van der Waals surface area contributed by atoms with E-state index in [1.807, 2.05) is 36.9 Å². The van der Waals surface area contributed by atoms with Crippen LogP contribution in [0.25, 0.3) is 10.9 Å². The fraction of sp³-hybridized carbons (Fsp3) is 0.571. The minimum atomic E-state index is -0.315. The van der Waals surface area contributed by atoms with Crippen molar-refractivity contribution in [1.82, 2.24) is 25.5 Å². The molecule has 1 fully saturated rings. The number of hydrogen-bond acceptors (Lipinski definition) is 5. The molecule has 0 aliphatic carbocycles. The van der Waals surface area contributed by atoms with E-state index in [1.54, 1.807) is 13.2 Å². The second-order valence-corrected chi connectivity index (χ2v) is 7.75. The Kier molecular flexibility index (Phi) is 7.22. The summed E-state index contributed by atoms with van der Waals surface area (Å²) in [6.07, 6.45) is 4.15. The lowest BCUT2D eigenvalue weighted by Gasteiger charge is -2.29. The SMILES string of the molecule is COCCCN(NC(=O)c1cccc2cn(C(C)C)nc12)C(=O)C1CCNCC1. The fourth-order valence-electron chi connectivity index (χ4n) is 3.57. The van der Waals surface area contributed by atoms with Crippen LogP contribution < -0.4 is 10.7 Å². The first-order valence-corrected chi connectivity index (χ1v) is 10.3. The molecule has 8 heteroatoms. The minimum absolute atomic E-state index is 0.0316. The van der Waals surface area contributed by atoms with Crippen LogP contribution in [0.3, 0.4) is 0 Å². The van der Waals surface area contributed by atoms with Crippen molar-refractivity contribution in [2.24, 2.45) is 5.92 Å². The summed E-state index contributed by atoms with van der Waals surface area (Å²) in [5.41, 5.74) is 3.95. The molecule has 1 aliphatic rings. The van der Waals surface area contributed by atoms with Crippen molar-refractivity contribution in [3.8, 4) is 0 Å². The van der Waals surface area contributed by atoms with Gasteiger partial charge in [0, 0.05) is 43.8 Å². The number of aromatic nitrogens is 2. The maximum Gasteiger partial charge on any atom is 0.272 e. The Labute approximate surface area is 171 Å². The second kappa shape index (κ2) is 9.84. The maximum absolute atomic E-state index is 13.1. The first-order valence-electron chi connectivity index (χ1n) is 10.3. The summed E-state index contributed by atoms with van der Waals surface area (Å²) in [6, 6.07) is 5.73. The third kappa shape index (κ3) is 5.13. The zero-order valence-electron chi connectivity index (χ0n) is 17.5. The number of benzene rings is 1. The molecule has 1 aliphatic heterocycles. The molecule has 2 amide bonds. The molecule has 1 aromatic heterocycles. The number of nitrogens with one attached hydrogen (secondary N) is 2. The second-order valence-electron chi connectivity index (χ2n) is 7.75. The average molecular weight is 402 g/mol. The number of piperidine rings is 1.